The van der Waals surface area contributed by atoms with E-state index in [9.17, 15) is 14.4 Å². The van der Waals surface area contributed by atoms with Crippen molar-refractivity contribution in [1.82, 2.24) is 4.98 Å². The lowest BCUT2D eigenvalue weighted by atomic mass is 10.1. The topological polar surface area (TPSA) is 96.3 Å². The molecule has 0 atom stereocenters. The molecule has 0 spiro atoms. The number of hydrogen-bond acceptors (Lipinski definition) is 7. The van der Waals surface area contributed by atoms with Crippen LogP contribution < -0.4 is 15.4 Å². The van der Waals surface area contributed by atoms with Gasteiger partial charge in [0, 0.05) is 35.3 Å². The van der Waals surface area contributed by atoms with Crippen molar-refractivity contribution in [3.05, 3.63) is 72.2 Å². The average molecular weight is 495 g/mol. The van der Waals surface area contributed by atoms with Crippen LogP contribution in [0.25, 0.3) is 10.9 Å². The highest BCUT2D eigenvalue weighted by Gasteiger charge is 2.13. The highest BCUT2D eigenvalue weighted by atomic mass is 32.2. The van der Waals surface area contributed by atoms with Gasteiger partial charge in [0.05, 0.1) is 26.9 Å². The number of fused-ring (bicyclic) bond motifs is 1. The van der Waals surface area contributed by atoms with Gasteiger partial charge in [-0.05, 0) is 42.5 Å². The summed E-state index contributed by atoms with van der Waals surface area (Å²) in [5.41, 5.74) is 1.49. The summed E-state index contributed by atoms with van der Waals surface area (Å²) >= 11 is 2.90. The minimum Gasteiger partial charge on any atom is -0.490 e. The van der Waals surface area contributed by atoms with Crippen molar-refractivity contribution in [3.8, 4) is 11.8 Å². The summed E-state index contributed by atoms with van der Waals surface area (Å²) in [5.74, 6) is 0.0408. The standard InChI is InChI=1S/C24H19FN4O3S2/c1-31-9-10-32-20-13-19-18(11-15(20)14-26)21(7-8-27-19)33-23-6-5-22(34-23)29-24(30)28-17-4-2-3-16(25)12-17/h2-8,11-13H,9-10H2,1H3,(H2,28,29,30). The van der Waals surface area contributed by atoms with Crippen LogP contribution in [-0.4, -0.2) is 31.3 Å². The first-order valence-corrected chi connectivity index (χ1v) is 11.7. The van der Waals surface area contributed by atoms with E-state index in [0.717, 1.165) is 14.5 Å². The number of methoxy groups -OCH3 is 1. The lowest BCUT2D eigenvalue weighted by molar-refractivity contribution is 0.146. The van der Waals surface area contributed by atoms with Crippen LogP contribution in [0.2, 0.25) is 0 Å². The fraction of sp³-hybridized carbons (Fsp3) is 0.125. The highest BCUT2D eigenvalue weighted by Crippen LogP contribution is 2.39. The number of amides is 2. The predicted octanol–water partition coefficient (Wildman–Crippen LogP) is 6.13. The highest BCUT2D eigenvalue weighted by molar-refractivity contribution is 8.01. The molecule has 2 N–H and O–H groups in total. The summed E-state index contributed by atoms with van der Waals surface area (Å²) in [5, 5.41) is 16.4. The van der Waals surface area contributed by atoms with Crippen LogP contribution in [0.15, 0.2) is 69.9 Å². The van der Waals surface area contributed by atoms with E-state index in [2.05, 4.69) is 21.7 Å². The predicted molar refractivity (Wildman–Crippen MR) is 131 cm³/mol. The van der Waals surface area contributed by atoms with Crippen molar-refractivity contribution < 1.29 is 18.7 Å². The summed E-state index contributed by atoms with van der Waals surface area (Å²) in [6.07, 6.45) is 1.70. The van der Waals surface area contributed by atoms with Gasteiger partial charge in [-0.1, -0.05) is 17.8 Å². The van der Waals surface area contributed by atoms with E-state index in [1.165, 1.54) is 41.3 Å². The molecule has 2 heterocycles. The number of benzene rings is 2. The zero-order valence-corrected chi connectivity index (χ0v) is 19.6. The van der Waals surface area contributed by atoms with Crippen molar-refractivity contribution in [2.24, 2.45) is 0 Å². The number of pyridine rings is 1. The molecule has 172 valence electrons. The van der Waals surface area contributed by atoms with E-state index in [4.69, 9.17) is 9.47 Å². The number of carbonyl (C=O) groups is 1. The summed E-state index contributed by atoms with van der Waals surface area (Å²) in [7, 11) is 1.59. The third-order valence-corrected chi connectivity index (χ3v) is 6.79. The van der Waals surface area contributed by atoms with Gasteiger partial charge < -0.3 is 14.8 Å². The van der Waals surface area contributed by atoms with Gasteiger partial charge >= 0.3 is 6.03 Å². The third-order valence-electron chi connectivity index (χ3n) is 4.58. The van der Waals surface area contributed by atoms with Gasteiger partial charge in [-0.2, -0.15) is 5.26 Å². The molecule has 2 amide bonds. The Kier molecular flexibility index (Phi) is 7.59. The molecule has 0 aliphatic heterocycles. The Labute approximate surface area is 203 Å². The van der Waals surface area contributed by atoms with Crippen LogP contribution in [-0.2, 0) is 4.74 Å². The maximum absolute atomic E-state index is 13.3. The molecule has 0 saturated heterocycles. The van der Waals surface area contributed by atoms with Gasteiger partial charge in [-0.25, -0.2) is 9.18 Å². The number of halogens is 1. The number of nitrogens with zero attached hydrogens (tertiary/aromatic N) is 2. The number of nitriles is 1. The summed E-state index contributed by atoms with van der Waals surface area (Å²) in [6, 6.07) is 16.5. The van der Waals surface area contributed by atoms with E-state index >= 15 is 0 Å². The van der Waals surface area contributed by atoms with E-state index in [0.29, 0.717) is 40.7 Å². The summed E-state index contributed by atoms with van der Waals surface area (Å²) in [4.78, 5) is 17.6. The number of carbonyl (C=O) groups excluding carboxylic acids is 1. The molecule has 0 unspecified atom stereocenters. The van der Waals surface area contributed by atoms with E-state index in [-0.39, 0.29) is 0 Å². The lowest BCUT2D eigenvalue weighted by Gasteiger charge is -2.10. The van der Waals surface area contributed by atoms with Crippen LogP contribution in [0.1, 0.15) is 5.56 Å². The first-order valence-electron chi connectivity index (χ1n) is 10.1. The van der Waals surface area contributed by atoms with Crippen LogP contribution >= 0.6 is 23.1 Å². The lowest BCUT2D eigenvalue weighted by Crippen LogP contribution is -2.18. The van der Waals surface area contributed by atoms with Crippen LogP contribution in [0.3, 0.4) is 0 Å². The molecular formula is C24H19FN4O3S2. The molecule has 2 aromatic carbocycles. The molecule has 0 saturated carbocycles. The molecular weight excluding hydrogens is 475 g/mol. The number of urea groups is 1. The molecule has 7 nitrogen and oxygen atoms in total. The van der Waals surface area contributed by atoms with Crippen LogP contribution in [0, 0.1) is 17.1 Å². The van der Waals surface area contributed by atoms with Gasteiger partial charge in [-0.15, -0.1) is 11.3 Å². The number of anilines is 2. The second-order valence-electron chi connectivity index (χ2n) is 6.94. The normalized spacial score (nSPS) is 10.6. The number of ether oxygens (including phenoxy) is 2. The van der Waals surface area contributed by atoms with Gasteiger partial charge in [0.2, 0.25) is 0 Å². The minimum absolute atomic E-state index is 0.336. The maximum Gasteiger partial charge on any atom is 0.324 e. The van der Waals surface area contributed by atoms with E-state index in [1.54, 1.807) is 37.6 Å². The zero-order chi connectivity index (χ0) is 23.9. The number of hydrogen-bond donors (Lipinski definition) is 2. The fourth-order valence-corrected chi connectivity index (χ4v) is 5.16. The largest absolute Gasteiger partial charge is 0.490 e. The Bertz CT molecular complexity index is 1370. The maximum atomic E-state index is 13.3. The average Bonchev–Trinajstić information content (AvgIpc) is 3.25. The van der Waals surface area contributed by atoms with Crippen molar-refractivity contribution in [1.29, 1.82) is 5.26 Å². The van der Waals surface area contributed by atoms with Crippen LogP contribution in [0.5, 0.6) is 5.75 Å². The minimum atomic E-state index is -0.460. The Balaban J connectivity index is 1.48. The number of thiophene rings is 1. The molecule has 4 rings (SSSR count). The summed E-state index contributed by atoms with van der Waals surface area (Å²) < 4.78 is 24.9. The molecule has 4 aromatic rings. The van der Waals surface area contributed by atoms with Gasteiger partial charge in [0.25, 0.3) is 0 Å². The van der Waals surface area contributed by atoms with Gasteiger partial charge in [-0.3, -0.25) is 10.3 Å². The molecule has 0 aliphatic carbocycles. The van der Waals surface area contributed by atoms with Crippen molar-refractivity contribution >= 4 is 50.7 Å². The Morgan fingerprint density at radius 2 is 2.06 bits per heavy atom. The number of rotatable bonds is 8. The third kappa shape index (κ3) is 5.82. The second kappa shape index (κ2) is 11.0. The van der Waals surface area contributed by atoms with Crippen molar-refractivity contribution in [2.45, 2.75) is 9.10 Å². The Morgan fingerprint density at radius 1 is 1.18 bits per heavy atom. The monoisotopic (exact) mass is 494 g/mol. The second-order valence-corrected chi connectivity index (χ2v) is 9.36. The molecule has 10 heteroatoms. The van der Waals surface area contributed by atoms with Crippen LogP contribution in [0.4, 0.5) is 19.9 Å². The molecule has 0 aliphatic rings. The summed E-state index contributed by atoms with van der Waals surface area (Å²) in [6.45, 7) is 0.754. The first-order chi connectivity index (χ1) is 16.6. The van der Waals surface area contributed by atoms with Crippen molar-refractivity contribution in [2.75, 3.05) is 31.0 Å². The smallest absolute Gasteiger partial charge is 0.324 e. The Hall–Kier alpha value is -3.65. The first kappa shape index (κ1) is 23.5. The zero-order valence-electron chi connectivity index (χ0n) is 18.0. The molecule has 0 bridgehead atoms. The number of aromatic nitrogens is 1. The quantitative estimate of drug-likeness (QED) is 0.286. The van der Waals surface area contributed by atoms with E-state index < -0.39 is 11.8 Å². The Morgan fingerprint density at radius 3 is 2.85 bits per heavy atom. The molecule has 0 radical (unpaired) electrons. The molecule has 2 aromatic heterocycles. The number of nitrogens with one attached hydrogen (secondary N) is 2. The molecule has 34 heavy (non-hydrogen) atoms. The van der Waals surface area contributed by atoms with Gasteiger partial charge in [0.1, 0.15) is 24.2 Å². The van der Waals surface area contributed by atoms with Crippen molar-refractivity contribution in [3.63, 3.8) is 0 Å². The van der Waals surface area contributed by atoms with E-state index in [1.807, 2.05) is 12.1 Å². The van der Waals surface area contributed by atoms with Gasteiger partial charge in [0.15, 0.2) is 0 Å². The SMILES string of the molecule is COCCOc1cc2nccc(Sc3ccc(NC(=O)Nc4cccc(F)c4)s3)c2cc1C#N. The fourth-order valence-electron chi connectivity index (χ4n) is 3.07. The molecule has 0 fully saturated rings.